The third-order valence-corrected chi connectivity index (χ3v) is 2.43. The Morgan fingerprint density at radius 3 is 2.47 bits per heavy atom. The van der Waals surface area contributed by atoms with E-state index in [4.69, 9.17) is 4.84 Å². The summed E-state index contributed by atoms with van der Waals surface area (Å²) in [6, 6.07) is 5.49. The van der Waals surface area contributed by atoms with E-state index in [1.807, 2.05) is 19.1 Å². The lowest BCUT2D eigenvalue weighted by atomic mass is 9.87. The molecule has 0 saturated heterocycles. The van der Waals surface area contributed by atoms with E-state index in [0.717, 1.165) is 23.3 Å². The molecule has 0 unspecified atom stereocenters. The van der Waals surface area contributed by atoms with Crippen molar-refractivity contribution in [1.29, 1.82) is 0 Å². The Kier molecular flexibility index (Phi) is 4.16. The van der Waals surface area contributed by atoms with E-state index >= 15 is 0 Å². The lowest BCUT2D eigenvalue weighted by molar-refractivity contribution is 0.211. The number of aromatic hydroxyl groups is 1. The van der Waals surface area contributed by atoms with Gasteiger partial charge in [-0.3, -0.25) is 0 Å². The first-order valence-corrected chi connectivity index (χ1v) is 5.73. The number of oxime groups is 1. The molecule has 1 rings (SSSR count). The van der Waals surface area contributed by atoms with Crippen LogP contribution in [0, 0.1) is 12.3 Å². The second-order valence-electron chi connectivity index (χ2n) is 5.46. The van der Waals surface area contributed by atoms with Crippen LogP contribution < -0.4 is 0 Å². The van der Waals surface area contributed by atoms with Gasteiger partial charge in [-0.25, -0.2) is 0 Å². The minimum absolute atomic E-state index is 0.142. The number of benzene rings is 1. The number of nitrogens with zero attached hydrogens (tertiary/aromatic N) is 1. The predicted molar refractivity (Wildman–Crippen MR) is 70.5 cm³/mol. The third kappa shape index (κ3) is 4.10. The Labute approximate surface area is 103 Å². The minimum Gasteiger partial charge on any atom is -0.508 e. The van der Waals surface area contributed by atoms with E-state index in [0.29, 0.717) is 5.75 Å². The summed E-state index contributed by atoms with van der Waals surface area (Å²) in [6.07, 6.45) is 0.824. The highest BCUT2D eigenvalue weighted by Crippen LogP contribution is 2.24. The van der Waals surface area contributed by atoms with Crippen molar-refractivity contribution in [2.75, 3.05) is 7.11 Å². The first kappa shape index (κ1) is 13.6. The lowest BCUT2D eigenvalue weighted by Gasteiger charge is -2.19. The average Bonchev–Trinajstić information content (AvgIpc) is 2.19. The molecule has 1 N–H and O–H groups in total. The van der Waals surface area contributed by atoms with E-state index in [-0.39, 0.29) is 5.41 Å². The van der Waals surface area contributed by atoms with Crippen LogP contribution in [-0.4, -0.2) is 17.9 Å². The fourth-order valence-electron chi connectivity index (χ4n) is 1.63. The SMILES string of the molecule is CO/N=C(/CC(C)(C)C)c1ccc(O)c(C)c1. The standard InChI is InChI=1S/C14H21NO2/c1-10-8-11(6-7-13(10)16)12(15-17-5)9-14(2,3)4/h6-8,16H,9H2,1-5H3/b15-12-. The number of phenolic OH excluding ortho intramolecular Hbond substituents is 1. The number of hydrogen-bond donors (Lipinski definition) is 1. The molecule has 0 aromatic heterocycles. The van der Waals surface area contributed by atoms with Crippen molar-refractivity contribution < 1.29 is 9.94 Å². The molecule has 1 aromatic carbocycles. The van der Waals surface area contributed by atoms with Crippen LogP contribution in [0.25, 0.3) is 0 Å². The molecule has 0 aliphatic heterocycles. The van der Waals surface area contributed by atoms with Gasteiger partial charge in [0, 0.05) is 0 Å². The summed E-state index contributed by atoms with van der Waals surface area (Å²) in [5.74, 6) is 0.307. The Hall–Kier alpha value is -1.51. The maximum atomic E-state index is 9.52. The van der Waals surface area contributed by atoms with Gasteiger partial charge >= 0.3 is 0 Å². The second kappa shape index (κ2) is 5.21. The third-order valence-electron chi connectivity index (χ3n) is 2.43. The zero-order chi connectivity index (χ0) is 13.1. The Morgan fingerprint density at radius 1 is 1.35 bits per heavy atom. The molecule has 0 heterocycles. The molecule has 0 aliphatic rings. The van der Waals surface area contributed by atoms with Gasteiger partial charge in [0.15, 0.2) is 0 Å². The van der Waals surface area contributed by atoms with Crippen molar-refractivity contribution in [3.63, 3.8) is 0 Å². The summed E-state index contributed by atoms with van der Waals surface area (Å²) in [4.78, 5) is 4.90. The van der Waals surface area contributed by atoms with Crippen LogP contribution in [0.5, 0.6) is 5.75 Å². The first-order chi connectivity index (χ1) is 7.83. The summed E-state index contributed by atoms with van der Waals surface area (Å²) in [6.45, 7) is 8.35. The van der Waals surface area contributed by atoms with Gasteiger partial charge in [-0.2, -0.15) is 0 Å². The van der Waals surface area contributed by atoms with E-state index in [2.05, 4.69) is 25.9 Å². The number of rotatable bonds is 3. The van der Waals surface area contributed by atoms with Gasteiger partial charge in [0.05, 0.1) is 5.71 Å². The molecule has 1 aromatic rings. The minimum atomic E-state index is 0.142. The zero-order valence-electron chi connectivity index (χ0n) is 11.2. The summed E-state index contributed by atoms with van der Waals surface area (Å²) < 4.78 is 0. The average molecular weight is 235 g/mol. The highest BCUT2D eigenvalue weighted by molar-refractivity contribution is 6.00. The fraction of sp³-hybridized carbons (Fsp3) is 0.500. The molecule has 0 spiro atoms. The molecule has 0 amide bonds. The van der Waals surface area contributed by atoms with Crippen molar-refractivity contribution in [2.24, 2.45) is 10.6 Å². The van der Waals surface area contributed by atoms with Crippen LogP contribution in [0.15, 0.2) is 23.4 Å². The van der Waals surface area contributed by atoms with Crippen LogP contribution in [-0.2, 0) is 4.84 Å². The molecular formula is C14H21NO2. The lowest BCUT2D eigenvalue weighted by Crippen LogP contribution is -2.14. The van der Waals surface area contributed by atoms with Gasteiger partial charge < -0.3 is 9.94 Å². The number of phenols is 1. The van der Waals surface area contributed by atoms with Crippen LogP contribution in [0.4, 0.5) is 0 Å². The highest BCUT2D eigenvalue weighted by atomic mass is 16.6. The molecule has 94 valence electrons. The predicted octanol–water partition coefficient (Wildman–Crippen LogP) is 3.49. The maximum Gasteiger partial charge on any atom is 0.118 e. The molecule has 0 aliphatic carbocycles. The Morgan fingerprint density at radius 2 is 2.00 bits per heavy atom. The van der Waals surface area contributed by atoms with Gasteiger partial charge in [0.1, 0.15) is 12.9 Å². The van der Waals surface area contributed by atoms with Crippen molar-refractivity contribution in [3.05, 3.63) is 29.3 Å². The summed E-state index contributed by atoms with van der Waals surface area (Å²) in [5.41, 5.74) is 2.89. The largest absolute Gasteiger partial charge is 0.508 e. The first-order valence-electron chi connectivity index (χ1n) is 5.73. The summed E-state index contributed by atoms with van der Waals surface area (Å²) in [5, 5.41) is 13.6. The molecule has 0 fully saturated rings. The van der Waals surface area contributed by atoms with Gasteiger partial charge in [-0.05, 0) is 48.1 Å². The van der Waals surface area contributed by atoms with E-state index in [1.54, 1.807) is 13.2 Å². The normalized spacial score (nSPS) is 12.6. The van der Waals surface area contributed by atoms with E-state index in [9.17, 15) is 5.11 Å². The molecule has 0 atom stereocenters. The zero-order valence-corrected chi connectivity index (χ0v) is 11.2. The number of aryl methyl sites for hydroxylation is 1. The van der Waals surface area contributed by atoms with E-state index in [1.165, 1.54) is 0 Å². The van der Waals surface area contributed by atoms with Crippen LogP contribution in [0.1, 0.15) is 38.3 Å². The van der Waals surface area contributed by atoms with Crippen molar-refractivity contribution in [2.45, 2.75) is 34.1 Å². The van der Waals surface area contributed by atoms with Crippen molar-refractivity contribution in [1.82, 2.24) is 0 Å². The van der Waals surface area contributed by atoms with Crippen LogP contribution >= 0.6 is 0 Å². The Bertz CT molecular complexity index is 417. The molecule has 0 saturated carbocycles. The van der Waals surface area contributed by atoms with Gasteiger partial charge in [0.2, 0.25) is 0 Å². The van der Waals surface area contributed by atoms with Crippen LogP contribution in [0.2, 0.25) is 0 Å². The smallest absolute Gasteiger partial charge is 0.118 e. The molecule has 3 heteroatoms. The molecule has 3 nitrogen and oxygen atoms in total. The molecule has 0 bridgehead atoms. The second-order valence-corrected chi connectivity index (χ2v) is 5.46. The van der Waals surface area contributed by atoms with Crippen molar-refractivity contribution >= 4 is 5.71 Å². The van der Waals surface area contributed by atoms with Gasteiger partial charge in [-0.15, -0.1) is 0 Å². The highest BCUT2D eigenvalue weighted by Gasteiger charge is 2.17. The number of hydrogen-bond acceptors (Lipinski definition) is 3. The summed E-state index contributed by atoms with van der Waals surface area (Å²) in [7, 11) is 1.55. The van der Waals surface area contributed by atoms with Gasteiger partial charge in [-0.1, -0.05) is 25.9 Å². The fourth-order valence-corrected chi connectivity index (χ4v) is 1.63. The summed E-state index contributed by atoms with van der Waals surface area (Å²) >= 11 is 0. The van der Waals surface area contributed by atoms with E-state index < -0.39 is 0 Å². The quantitative estimate of drug-likeness (QED) is 0.643. The van der Waals surface area contributed by atoms with Crippen LogP contribution in [0.3, 0.4) is 0 Å². The monoisotopic (exact) mass is 235 g/mol. The topological polar surface area (TPSA) is 41.8 Å². The van der Waals surface area contributed by atoms with Crippen molar-refractivity contribution in [3.8, 4) is 5.75 Å². The maximum absolute atomic E-state index is 9.52. The van der Waals surface area contributed by atoms with Gasteiger partial charge in [0.25, 0.3) is 0 Å². The molecule has 17 heavy (non-hydrogen) atoms. The molecule has 0 radical (unpaired) electrons. The Balaban J connectivity index is 3.06. The molecular weight excluding hydrogens is 214 g/mol.